The summed E-state index contributed by atoms with van der Waals surface area (Å²) in [6, 6.07) is 12.9. The van der Waals surface area contributed by atoms with Gasteiger partial charge in [-0.15, -0.1) is 0 Å². The summed E-state index contributed by atoms with van der Waals surface area (Å²) in [6.07, 6.45) is 9.16. The van der Waals surface area contributed by atoms with Crippen molar-refractivity contribution in [1.29, 1.82) is 5.26 Å². The Balaban J connectivity index is 1.59. The van der Waals surface area contributed by atoms with E-state index in [4.69, 9.17) is 15.0 Å². The second-order valence-electron chi connectivity index (χ2n) is 9.01. The zero-order valence-electron chi connectivity index (χ0n) is 19.2. The first kappa shape index (κ1) is 21.8. The third-order valence-corrected chi connectivity index (χ3v) is 7.59. The van der Waals surface area contributed by atoms with Gasteiger partial charge in [0.25, 0.3) is 0 Å². The molecule has 3 aliphatic rings. The quantitative estimate of drug-likeness (QED) is 0.591. The van der Waals surface area contributed by atoms with Gasteiger partial charge in [-0.05, 0) is 37.2 Å². The first-order valence-electron chi connectivity index (χ1n) is 11.7. The summed E-state index contributed by atoms with van der Waals surface area (Å²) in [5, 5.41) is 12.3. The minimum atomic E-state index is 0.504. The Morgan fingerprint density at radius 1 is 1.03 bits per heavy atom. The predicted molar refractivity (Wildman–Crippen MR) is 135 cm³/mol. The second-order valence-corrected chi connectivity index (χ2v) is 9.90. The number of allylic oxidation sites excluding steroid dienone is 1. The fourth-order valence-corrected chi connectivity index (χ4v) is 6.03. The molecule has 0 N–H and O–H groups in total. The van der Waals surface area contributed by atoms with E-state index >= 15 is 0 Å². The maximum atomic E-state index is 9.42. The molecular weight excluding hydrogens is 430 g/mol. The number of piperidine rings is 1. The van der Waals surface area contributed by atoms with Crippen molar-refractivity contribution in [2.24, 2.45) is 5.92 Å². The van der Waals surface area contributed by atoms with E-state index in [1.54, 1.807) is 6.08 Å². The van der Waals surface area contributed by atoms with Crippen LogP contribution in [0, 0.1) is 17.2 Å². The Morgan fingerprint density at radius 2 is 1.79 bits per heavy atom. The second kappa shape index (κ2) is 9.44. The van der Waals surface area contributed by atoms with Crippen molar-refractivity contribution in [2.45, 2.75) is 44.6 Å². The molecule has 7 nitrogen and oxygen atoms in total. The predicted octanol–water partition coefficient (Wildman–Crippen LogP) is 5.01. The van der Waals surface area contributed by atoms with Gasteiger partial charge in [0, 0.05) is 38.2 Å². The highest BCUT2D eigenvalue weighted by atomic mass is 32.2. The van der Waals surface area contributed by atoms with Gasteiger partial charge in [-0.2, -0.15) is 20.2 Å². The van der Waals surface area contributed by atoms with Crippen LogP contribution in [0.25, 0.3) is 5.70 Å². The summed E-state index contributed by atoms with van der Waals surface area (Å²) in [5.41, 5.74) is 2.03. The van der Waals surface area contributed by atoms with Crippen LogP contribution in [-0.4, -0.2) is 41.6 Å². The molecule has 0 bridgehead atoms. The number of anilines is 3. The Morgan fingerprint density at radius 3 is 2.58 bits per heavy atom. The summed E-state index contributed by atoms with van der Waals surface area (Å²) in [5.74, 6) is 2.67. The smallest absolute Gasteiger partial charge is 0.241 e. The van der Waals surface area contributed by atoms with E-state index in [1.165, 1.54) is 50.3 Å². The van der Waals surface area contributed by atoms with Crippen LogP contribution in [0.15, 0.2) is 46.8 Å². The van der Waals surface area contributed by atoms with Crippen LogP contribution in [0.4, 0.5) is 17.8 Å². The van der Waals surface area contributed by atoms with Gasteiger partial charge >= 0.3 is 0 Å². The maximum Gasteiger partial charge on any atom is 0.241 e. The van der Waals surface area contributed by atoms with E-state index in [0.29, 0.717) is 17.9 Å². The highest BCUT2D eigenvalue weighted by molar-refractivity contribution is 8.06. The molecule has 0 amide bonds. The molecule has 1 saturated heterocycles. The van der Waals surface area contributed by atoms with E-state index in [0.717, 1.165) is 34.7 Å². The lowest BCUT2D eigenvalue weighted by molar-refractivity contribution is 0.241. The molecule has 3 heterocycles. The summed E-state index contributed by atoms with van der Waals surface area (Å²) < 4.78 is 0. The maximum absolute atomic E-state index is 9.42. The molecule has 0 radical (unpaired) electrons. The Labute approximate surface area is 199 Å². The molecule has 2 fully saturated rings. The van der Waals surface area contributed by atoms with Crippen molar-refractivity contribution in [3.8, 4) is 6.07 Å². The minimum Gasteiger partial charge on any atom is -0.347 e. The first-order chi connectivity index (χ1) is 16.2. The first-order valence-corrected chi connectivity index (χ1v) is 12.6. The van der Waals surface area contributed by atoms with Gasteiger partial charge in [0.2, 0.25) is 17.8 Å². The molecule has 2 unspecified atom stereocenters. The average molecular weight is 460 g/mol. The van der Waals surface area contributed by atoms with Crippen molar-refractivity contribution < 1.29 is 0 Å². The zero-order chi connectivity index (χ0) is 22.8. The number of hydrogen-bond acceptors (Lipinski definition) is 8. The molecule has 0 spiro atoms. The van der Waals surface area contributed by atoms with Crippen LogP contribution in [0.1, 0.15) is 44.1 Å². The molecule has 33 heavy (non-hydrogen) atoms. The number of fused-ring (bicyclic) bond motifs is 1. The minimum absolute atomic E-state index is 0.504. The van der Waals surface area contributed by atoms with E-state index in [9.17, 15) is 5.26 Å². The van der Waals surface area contributed by atoms with Crippen LogP contribution in [-0.2, 0) is 0 Å². The number of aromatic nitrogens is 3. The summed E-state index contributed by atoms with van der Waals surface area (Å²) in [6.45, 7) is 0.981. The van der Waals surface area contributed by atoms with Crippen LogP contribution >= 0.6 is 11.8 Å². The standard InChI is InChI=1S/C25H29N7S/c1-30(2)23-27-24(31-16-8-12-18-11-6-7-13-20(18)31)29-25(28-23)32-21(17-33-22(32)14-15-26)19-9-4-3-5-10-19/h3-5,9-10,14,17-18,20H,6-8,11-13,16H2,1-2H3. The number of nitriles is 1. The van der Waals surface area contributed by atoms with Crippen molar-refractivity contribution in [1.82, 2.24) is 15.0 Å². The fraction of sp³-hybridized carbons (Fsp3) is 0.440. The number of hydrogen-bond donors (Lipinski definition) is 0. The molecule has 8 heteroatoms. The molecule has 1 aliphatic carbocycles. The van der Waals surface area contributed by atoms with E-state index in [-0.39, 0.29) is 0 Å². The van der Waals surface area contributed by atoms with Gasteiger partial charge in [0.15, 0.2) is 0 Å². The summed E-state index contributed by atoms with van der Waals surface area (Å²) in [4.78, 5) is 21.1. The molecule has 170 valence electrons. The lowest BCUT2D eigenvalue weighted by Gasteiger charge is -2.44. The summed E-state index contributed by atoms with van der Waals surface area (Å²) >= 11 is 1.52. The van der Waals surface area contributed by atoms with Crippen molar-refractivity contribution in [3.63, 3.8) is 0 Å². The van der Waals surface area contributed by atoms with Crippen LogP contribution in [0.3, 0.4) is 0 Å². The fourth-order valence-electron chi connectivity index (χ4n) is 5.15. The van der Waals surface area contributed by atoms with Gasteiger partial charge in [0.05, 0.1) is 16.8 Å². The Kier molecular flexibility index (Phi) is 6.23. The van der Waals surface area contributed by atoms with E-state index in [2.05, 4.69) is 28.5 Å². The average Bonchev–Trinajstić information content (AvgIpc) is 3.28. The Bertz CT molecular complexity index is 1100. The normalized spacial score (nSPS) is 23.8. The van der Waals surface area contributed by atoms with Gasteiger partial charge < -0.3 is 9.80 Å². The molecule has 1 saturated carbocycles. The monoisotopic (exact) mass is 459 g/mol. The van der Waals surface area contributed by atoms with Gasteiger partial charge in [-0.1, -0.05) is 54.9 Å². The lowest BCUT2D eigenvalue weighted by atomic mass is 9.78. The highest BCUT2D eigenvalue weighted by Crippen LogP contribution is 2.43. The summed E-state index contributed by atoms with van der Waals surface area (Å²) in [7, 11) is 3.92. The molecule has 5 rings (SSSR count). The van der Waals surface area contributed by atoms with Crippen molar-refractivity contribution in [3.05, 3.63) is 52.4 Å². The number of nitrogens with zero attached hydrogens (tertiary/aromatic N) is 7. The van der Waals surface area contributed by atoms with E-state index < -0.39 is 0 Å². The largest absolute Gasteiger partial charge is 0.347 e. The van der Waals surface area contributed by atoms with Crippen LogP contribution < -0.4 is 14.7 Å². The van der Waals surface area contributed by atoms with Gasteiger partial charge in [-0.3, -0.25) is 4.90 Å². The number of rotatable bonds is 4. The third kappa shape index (κ3) is 4.30. The molecular formula is C25H29N7S. The van der Waals surface area contributed by atoms with Crippen LogP contribution in [0.2, 0.25) is 0 Å². The highest BCUT2D eigenvalue weighted by Gasteiger charge is 2.36. The van der Waals surface area contributed by atoms with Crippen molar-refractivity contribution >= 4 is 35.3 Å². The zero-order valence-corrected chi connectivity index (χ0v) is 20.0. The van der Waals surface area contributed by atoms with Gasteiger partial charge in [0.1, 0.15) is 0 Å². The SMILES string of the molecule is CN(C)c1nc(N2C(=CC#N)SC=C2c2ccccc2)nc(N2CCCC3CCCCC32)n1. The van der Waals surface area contributed by atoms with Gasteiger partial charge in [-0.25, -0.2) is 0 Å². The molecule has 1 aromatic heterocycles. The van der Waals surface area contributed by atoms with E-state index in [1.807, 2.05) is 42.1 Å². The topological polar surface area (TPSA) is 72.2 Å². The number of benzene rings is 1. The lowest BCUT2D eigenvalue weighted by Crippen LogP contribution is -2.47. The molecule has 2 aromatic rings. The van der Waals surface area contributed by atoms with Crippen LogP contribution in [0.5, 0.6) is 0 Å². The molecule has 2 aliphatic heterocycles. The number of thioether (sulfide) groups is 1. The van der Waals surface area contributed by atoms with Crippen molar-refractivity contribution in [2.75, 3.05) is 35.3 Å². The molecule has 2 atom stereocenters. The Hall–Kier alpha value is -3.05. The molecule has 1 aromatic carbocycles. The third-order valence-electron chi connectivity index (χ3n) is 6.71.